The molecule has 0 atom stereocenters. The molecule has 1 heterocycles. The topological polar surface area (TPSA) is 44.9 Å². The van der Waals surface area contributed by atoms with E-state index in [1.54, 1.807) is 12.1 Å². The molecular weight excluding hydrogens is 231 g/mol. The number of carbonyl (C=O) groups is 1. The molecule has 16 heavy (non-hydrogen) atoms. The molecular formula is C11H10ClFN2O. The van der Waals surface area contributed by atoms with Crippen LogP contribution in [0.4, 0.5) is 4.39 Å². The van der Waals surface area contributed by atoms with Crippen LogP contribution in [0.1, 0.15) is 17.4 Å². The Labute approximate surface area is 96.6 Å². The van der Waals surface area contributed by atoms with E-state index in [1.807, 2.05) is 6.92 Å². The lowest BCUT2D eigenvalue weighted by atomic mass is 10.2. The average Bonchev–Trinajstić information content (AvgIpc) is 2.69. The van der Waals surface area contributed by atoms with Gasteiger partial charge >= 0.3 is 0 Å². The van der Waals surface area contributed by atoms with Gasteiger partial charge in [-0.25, -0.2) is 4.39 Å². The van der Waals surface area contributed by atoms with Crippen LogP contribution in [-0.2, 0) is 0 Å². The molecule has 1 amide bonds. The summed E-state index contributed by atoms with van der Waals surface area (Å²) in [6, 6.07) is 4.37. The number of rotatable bonds is 2. The first-order valence-electron chi connectivity index (χ1n) is 4.88. The zero-order valence-electron chi connectivity index (χ0n) is 8.60. The van der Waals surface area contributed by atoms with E-state index >= 15 is 0 Å². The van der Waals surface area contributed by atoms with Gasteiger partial charge < -0.3 is 10.3 Å². The van der Waals surface area contributed by atoms with Crippen molar-refractivity contribution in [1.29, 1.82) is 0 Å². The predicted octanol–water partition coefficient (Wildman–Crippen LogP) is 2.71. The highest BCUT2D eigenvalue weighted by Crippen LogP contribution is 2.26. The van der Waals surface area contributed by atoms with Crippen LogP contribution in [0.25, 0.3) is 10.9 Å². The molecule has 0 aliphatic heterocycles. The van der Waals surface area contributed by atoms with Gasteiger partial charge in [-0.1, -0.05) is 11.6 Å². The number of amides is 1. The first-order valence-corrected chi connectivity index (χ1v) is 5.26. The number of aromatic nitrogens is 1. The van der Waals surface area contributed by atoms with Crippen molar-refractivity contribution in [3.63, 3.8) is 0 Å². The van der Waals surface area contributed by atoms with E-state index in [-0.39, 0.29) is 10.9 Å². The third-order valence-corrected chi connectivity index (χ3v) is 2.66. The molecule has 2 aromatic rings. The van der Waals surface area contributed by atoms with Gasteiger partial charge in [0, 0.05) is 17.4 Å². The Hall–Kier alpha value is -1.55. The SMILES string of the molecule is CCNC(=O)c1cc2c(Cl)c(F)ccc2[nH]1. The van der Waals surface area contributed by atoms with Crippen LogP contribution < -0.4 is 5.32 Å². The van der Waals surface area contributed by atoms with E-state index in [1.165, 1.54) is 6.07 Å². The number of aromatic amines is 1. The van der Waals surface area contributed by atoms with Crippen LogP contribution in [0.15, 0.2) is 18.2 Å². The second kappa shape index (κ2) is 4.14. The zero-order chi connectivity index (χ0) is 11.7. The molecule has 1 aromatic carbocycles. The van der Waals surface area contributed by atoms with Crippen LogP contribution in [0.3, 0.4) is 0 Å². The fraction of sp³-hybridized carbons (Fsp3) is 0.182. The summed E-state index contributed by atoms with van der Waals surface area (Å²) >= 11 is 5.79. The molecule has 1 aromatic heterocycles. The standard InChI is InChI=1S/C11H10ClFN2O/c1-2-14-11(16)9-5-6-8(15-9)4-3-7(13)10(6)12/h3-5,15H,2H2,1H3,(H,14,16). The molecule has 0 spiro atoms. The Morgan fingerprint density at radius 2 is 2.31 bits per heavy atom. The molecule has 0 aliphatic carbocycles. The lowest BCUT2D eigenvalue weighted by Gasteiger charge is -1.96. The van der Waals surface area contributed by atoms with Crippen molar-refractivity contribution in [1.82, 2.24) is 10.3 Å². The number of nitrogens with one attached hydrogen (secondary N) is 2. The van der Waals surface area contributed by atoms with Gasteiger partial charge in [0.2, 0.25) is 0 Å². The second-order valence-corrected chi connectivity index (χ2v) is 3.74. The van der Waals surface area contributed by atoms with Gasteiger partial charge in [0.15, 0.2) is 0 Å². The maximum absolute atomic E-state index is 13.2. The van der Waals surface area contributed by atoms with Crippen molar-refractivity contribution in [2.75, 3.05) is 6.54 Å². The molecule has 0 aliphatic rings. The van der Waals surface area contributed by atoms with Crippen LogP contribution in [0, 0.1) is 5.82 Å². The van der Waals surface area contributed by atoms with E-state index in [0.717, 1.165) is 0 Å². The number of halogens is 2. The number of fused-ring (bicyclic) bond motifs is 1. The lowest BCUT2D eigenvalue weighted by Crippen LogP contribution is -2.22. The van der Waals surface area contributed by atoms with Gasteiger partial charge in [-0.15, -0.1) is 0 Å². The summed E-state index contributed by atoms with van der Waals surface area (Å²) in [5.74, 6) is -0.717. The minimum absolute atomic E-state index is 0.0318. The van der Waals surface area contributed by atoms with Gasteiger partial charge in [-0.2, -0.15) is 0 Å². The number of benzene rings is 1. The molecule has 84 valence electrons. The Morgan fingerprint density at radius 1 is 1.56 bits per heavy atom. The third-order valence-electron chi connectivity index (χ3n) is 2.27. The van der Waals surface area contributed by atoms with Crippen molar-refractivity contribution in [3.8, 4) is 0 Å². The maximum Gasteiger partial charge on any atom is 0.267 e. The fourth-order valence-corrected chi connectivity index (χ4v) is 1.74. The molecule has 2 N–H and O–H groups in total. The highest BCUT2D eigenvalue weighted by atomic mass is 35.5. The molecule has 0 fully saturated rings. The van der Waals surface area contributed by atoms with E-state index in [2.05, 4.69) is 10.3 Å². The van der Waals surface area contributed by atoms with Gasteiger partial charge in [0.05, 0.1) is 5.02 Å². The summed E-state index contributed by atoms with van der Waals surface area (Å²) in [5, 5.41) is 3.20. The van der Waals surface area contributed by atoms with Crippen molar-refractivity contribution >= 4 is 28.4 Å². The summed E-state index contributed by atoms with van der Waals surface area (Å²) in [7, 11) is 0. The molecule has 0 bridgehead atoms. The van der Waals surface area contributed by atoms with Crippen LogP contribution in [0.5, 0.6) is 0 Å². The zero-order valence-corrected chi connectivity index (χ0v) is 9.36. The summed E-state index contributed by atoms with van der Waals surface area (Å²) in [4.78, 5) is 14.4. The molecule has 5 heteroatoms. The van der Waals surface area contributed by atoms with Gasteiger partial charge in [-0.05, 0) is 25.1 Å². The number of H-pyrrole nitrogens is 1. The number of carbonyl (C=O) groups excluding carboxylic acids is 1. The highest BCUT2D eigenvalue weighted by Gasteiger charge is 2.12. The van der Waals surface area contributed by atoms with Crippen LogP contribution >= 0.6 is 11.6 Å². The Kier molecular flexibility index (Phi) is 2.83. The van der Waals surface area contributed by atoms with Crippen LogP contribution in [0.2, 0.25) is 5.02 Å². The summed E-state index contributed by atoms with van der Waals surface area (Å²) in [5.41, 5.74) is 1.03. The first kappa shape index (κ1) is 11.0. The minimum Gasteiger partial charge on any atom is -0.351 e. The first-order chi connectivity index (χ1) is 7.63. The van der Waals surface area contributed by atoms with E-state index in [4.69, 9.17) is 11.6 Å². The number of hydrogen-bond acceptors (Lipinski definition) is 1. The van der Waals surface area contributed by atoms with Crippen molar-refractivity contribution in [2.45, 2.75) is 6.92 Å². The Bertz CT molecular complexity index is 550. The molecule has 3 nitrogen and oxygen atoms in total. The van der Waals surface area contributed by atoms with E-state index in [9.17, 15) is 9.18 Å². The van der Waals surface area contributed by atoms with Crippen molar-refractivity contribution < 1.29 is 9.18 Å². The lowest BCUT2D eigenvalue weighted by molar-refractivity contribution is 0.0951. The molecule has 0 saturated heterocycles. The summed E-state index contributed by atoms with van der Waals surface area (Å²) in [6.07, 6.45) is 0. The molecule has 2 rings (SSSR count). The van der Waals surface area contributed by atoms with E-state index in [0.29, 0.717) is 23.1 Å². The fourth-order valence-electron chi connectivity index (χ4n) is 1.52. The van der Waals surface area contributed by atoms with Gasteiger partial charge in [-0.3, -0.25) is 4.79 Å². The molecule has 0 saturated carbocycles. The van der Waals surface area contributed by atoms with Crippen molar-refractivity contribution in [2.24, 2.45) is 0 Å². The van der Waals surface area contributed by atoms with Gasteiger partial charge in [0.1, 0.15) is 11.5 Å². The summed E-state index contributed by atoms with van der Waals surface area (Å²) in [6.45, 7) is 2.36. The number of hydrogen-bond donors (Lipinski definition) is 2. The van der Waals surface area contributed by atoms with Gasteiger partial charge in [0.25, 0.3) is 5.91 Å². The van der Waals surface area contributed by atoms with Crippen LogP contribution in [-0.4, -0.2) is 17.4 Å². The monoisotopic (exact) mass is 240 g/mol. The maximum atomic E-state index is 13.2. The second-order valence-electron chi connectivity index (χ2n) is 3.37. The summed E-state index contributed by atoms with van der Waals surface area (Å²) < 4.78 is 13.2. The molecule has 0 radical (unpaired) electrons. The third kappa shape index (κ3) is 1.76. The minimum atomic E-state index is -0.490. The smallest absolute Gasteiger partial charge is 0.267 e. The predicted molar refractivity (Wildman–Crippen MR) is 61.3 cm³/mol. The Balaban J connectivity index is 2.52. The normalized spacial score (nSPS) is 10.7. The highest BCUT2D eigenvalue weighted by molar-refractivity contribution is 6.35. The Morgan fingerprint density at radius 3 is 3.00 bits per heavy atom. The quantitative estimate of drug-likeness (QED) is 0.833. The molecule has 0 unspecified atom stereocenters. The van der Waals surface area contributed by atoms with E-state index < -0.39 is 5.82 Å². The largest absolute Gasteiger partial charge is 0.351 e. The van der Waals surface area contributed by atoms with Crippen molar-refractivity contribution in [3.05, 3.63) is 34.7 Å². The average molecular weight is 241 g/mol.